The van der Waals surface area contributed by atoms with E-state index in [1.807, 2.05) is 48.5 Å². The molecule has 0 heterocycles. The monoisotopic (exact) mass is 266 g/mol. The molecule has 0 spiro atoms. The average molecular weight is 267 g/mol. The lowest BCUT2D eigenvalue weighted by Gasteiger charge is -1.98. The molecule has 0 N–H and O–H groups in total. The SMILES string of the molecule is C=C(C)c1cccc(C)c1.CC.CC.CC.CCC. The lowest BCUT2D eigenvalue weighted by Crippen LogP contribution is -1.77. The van der Waals surface area contributed by atoms with Gasteiger partial charge in [-0.3, -0.25) is 0 Å². The molecule has 0 fully saturated rings. The zero-order valence-corrected chi connectivity index (χ0v) is 15.2. The van der Waals surface area contributed by atoms with Gasteiger partial charge in [-0.25, -0.2) is 0 Å². The second kappa shape index (κ2) is 25.7. The molecule has 0 heteroatoms. The summed E-state index contributed by atoms with van der Waals surface area (Å²) < 4.78 is 0. The van der Waals surface area contributed by atoms with Crippen LogP contribution >= 0.6 is 0 Å². The van der Waals surface area contributed by atoms with Crippen LogP contribution in [0.5, 0.6) is 0 Å². The van der Waals surface area contributed by atoms with Crippen LogP contribution in [-0.2, 0) is 0 Å². The van der Waals surface area contributed by atoms with Gasteiger partial charge in [0.1, 0.15) is 0 Å². The Labute approximate surface area is 124 Å². The number of hydrogen-bond acceptors (Lipinski definition) is 0. The maximum Gasteiger partial charge on any atom is -0.0231 e. The maximum atomic E-state index is 3.87. The van der Waals surface area contributed by atoms with Crippen molar-refractivity contribution < 1.29 is 0 Å². The zero-order valence-electron chi connectivity index (χ0n) is 15.2. The number of rotatable bonds is 1. The topological polar surface area (TPSA) is 0 Å². The Hall–Kier alpha value is -1.04. The third-order valence-electron chi connectivity index (χ3n) is 1.51. The standard InChI is InChI=1S/C10H12.C3H8.3C2H6/c1-8(2)10-6-4-5-9(3)7-10;1-3-2;3*1-2/h4-7H,1H2,2-3H3;3H2,1-2H3;3*1-2H3. The first-order valence-corrected chi connectivity index (χ1v) is 7.84. The molecule has 0 unspecified atom stereocenters. The van der Waals surface area contributed by atoms with Crippen LogP contribution in [0.1, 0.15) is 79.9 Å². The average Bonchev–Trinajstić information content (AvgIpc) is 2.46. The lowest BCUT2D eigenvalue weighted by molar-refractivity contribution is 1.09. The number of aryl methyl sites for hydroxylation is 1. The van der Waals surface area contributed by atoms with E-state index in [1.54, 1.807) is 0 Å². The minimum atomic E-state index is 1.13. The summed E-state index contributed by atoms with van der Waals surface area (Å²) in [7, 11) is 0. The van der Waals surface area contributed by atoms with Gasteiger partial charge in [0.25, 0.3) is 0 Å². The van der Waals surface area contributed by atoms with Crippen LogP contribution in [0.2, 0.25) is 0 Å². The van der Waals surface area contributed by atoms with Crippen LogP contribution in [0.15, 0.2) is 30.8 Å². The first-order chi connectivity index (χ1) is 9.11. The molecule has 0 saturated heterocycles. The highest BCUT2D eigenvalue weighted by atomic mass is 14.0. The highest BCUT2D eigenvalue weighted by Gasteiger charge is 1.90. The fraction of sp³-hybridized carbons (Fsp3) is 0.579. The van der Waals surface area contributed by atoms with Crippen LogP contribution in [-0.4, -0.2) is 0 Å². The summed E-state index contributed by atoms with van der Waals surface area (Å²) in [6.45, 7) is 24.2. The number of allylic oxidation sites excluding steroid dienone is 1. The van der Waals surface area contributed by atoms with Crippen LogP contribution < -0.4 is 0 Å². The first-order valence-electron chi connectivity index (χ1n) is 7.84. The van der Waals surface area contributed by atoms with E-state index in [0.717, 1.165) is 5.57 Å². The van der Waals surface area contributed by atoms with Gasteiger partial charge >= 0.3 is 0 Å². The highest BCUT2D eigenvalue weighted by Crippen LogP contribution is 2.11. The third kappa shape index (κ3) is 22.6. The van der Waals surface area contributed by atoms with Gasteiger partial charge in [-0.1, -0.05) is 104 Å². The molecule has 0 amide bonds. The molecule has 0 aliphatic carbocycles. The van der Waals surface area contributed by atoms with E-state index in [1.165, 1.54) is 17.5 Å². The molecule has 0 aromatic heterocycles. The molecule has 0 bridgehead atoms. The van der Waals surface area contributed by atoms with Crippen LogP contribution in [0.25, 0.3) is 5.57 Å². The van der Waals surface area contributed by atoms with E-state index in [9.17, 15) is 0 Å². The predicted octanol–water partition coefficient (Wildman–Crippen LogP) is 7.52. The van der Waals surface area contributed by atoms with E-state index >= 15 is 0 Å². The molecule has 0 nitrogen and oxygen atoms in total. The van der Waals surface area contributed by atoms with Gasteiger partial charge in [0.15, 0.2) is 0 Å². The Kier molecular flexibility index (Phi) is 35.9. The van der Waals surface area contributed by atoms with Gasteiger partial charge in [-0.2, -0.15) is 0 Å². The Morgan fingerprint density at radius 2 is 1.32 bits per heavy atom. The van der Waals surface area contributed by atoms with Crippen molar-refractivity contribution in [3.63, 3.8) is 0 Å². The van der Waals surface area contributed by atoms with Crippen molar-refractivity contribution in [3.05, 3.63) is 42.0 Å². The van der Waals surface area contributed by atoms with Gasteiger partial charge in [0, 0.05) is 0 Å². The molecule has 0 aliphatic heterocycles. The van der Waals surface area contributed by atoms with E-state index in [-0.39, 0.29) is 0 Å². The Balaban J connectivity index is -0.000000106. The van der Waals surface area contributed by atoms with Gasteiger partial charge in [0.05, 0.1) is 0 Å². The fourth-order valence-electron chi connectivity index (χ4n) is 0.911. The fourth-order valence-corrected chi connectivity index (χ4v) is 0.911. The van der Waals surface area contributed by atoms with E-state index in [4.69, 9.17) is 0 Å². The Bertz CT molecular complexity index is 258. The smallest absolute Gasteiger partial charge is 0.0231 e. The second-order valence-corrected chi connectivity index (χ2v) is 3.36. The zero-order chi connectivity index (χ0) is 16.3. The van der Waals surface area contributed by atoms with Crippen molar-refractivity contribution in [2.45, 2.75) is 75.7 Å². The van der Waals surface area contributed by atoms with Gasteiger partial charge in [-0.15, -0.1) is 0 Å². The number of benzene rings is 1. The normalized spacial score (nSPS) is 6.84. The molecule has 1 aromatic rings. The summed E-state index contributed by atoms with van der Waals surface area (Å²) in [5, 5.41) is 0. The molecule has 1 aromatic carbocycles. The molecule has 0 aliphatic rings. The molecule has 19 heavy (non-hydrogen) atoms. The maximum absolute atomic E-state index is 3.87. The van der Waals surface area contributed by atoms with Crippen molar-refractivity contribution in [2.75, 3.05) is 0 Å². The molecular weight excluding hydrogens is 228 g/mol. The summed E-state index contributed by atoms with van der Waals surface area (Å²) in [4.78, 5) is 0. The minimum absolute atomic E-state index is 1.13. The second-order valence-electron chi connectivity index (χ2n) is 3.36. The van der Waals surface area contributed by atoms with Crippen molar-refractivity contribution in [2.24, 2.45) is 0 Å². The molecule has 0 saturated carbocycles. The largest absolute Gasteiger partial charge is 0.0955 e. The van der Waals surface area contributed by atoms with E-state index < -0.39 is 0 Å². The van der Waals surface area contributed by atoms with Crippen molar-refractivity contribution in [1.82, 2.24) is 0 Å². The van der Waals surface area contributed by atoms with Crippen LogP contribution in [0.3, 0.4) is 0 Å². The van der Waals surface area contributed by atoms with E-state index in [2.05, 4.69) is 51.6 Å². The summed E-state index contributed by atoms with van der Waals surface area (Å²) in [5.41, 5.74) is 3.66. The van der Waals surface area contributed by atoms with E-state index in [0.29, 0.717) is 0 Å². The van der Waals surface area contributed by atoms with Crippen molar-refractivity contribution >= 4 is 5.57 Å². The summed E-state index contributed by atoms with van der Waals surface area (Å²) in [6.07, 6.45) is 1.25. The summed E-state index contributed by atoms with van der Waals surface area (Å²) in [6, 6.07) is 8.36. The molecule has 114 valence electrons. The third-order valence-corrected chi connectivity index (χ3v) is 1.51. The Morgan fingerprint density at radius 1 is 0.947 bits per heavy atom. The van der Waals surface area contributed by atoms with Crippen LogP contribution in [0, 0.1) is 6.92 Å². The lowest BCUT2D eigenvalue weighted by atomic mass is 10.1. The molecule has 0 atom stereocenters. The molecule has 0 radical (unpaired) electrons. The summed E-state index contributed by atoms with van der Waals surface area (Å²) >= 11 is 0. The first kappa shape index (κ1) is 26.5. The Morgan fingerprint density at radius 3 is 1.53 bits per heavy atom. The van der Waals surface area contributed by atoms with Crippen molar-refractivity contribution in [3.8, 4) is 0 Å². The van der Waals surface area contributed by atoms with Gasteiger partial charge in [-0.05, 0) is 19.4 Å². The quantitative estimate of drug-likeness (QED) is 0.493. The van der Waals surface area contributed by atoms with Crippen molar-refractivity contribution in [1.29, 1.82) is 0 Å². The minimum Gasteiger partial charge on any atom is -0.0955 e. The number of hydrogen-bond donors (Lipinski definition) is 0. The van der Waals surface area contributed by atoms with Gasteiger partial charge < -0.3 is 0 Å². The summed E-state index contributed by atoms with van der Waals surface area (Å²) in [5.74, 6) is 0. The molecule has 1 rings (SSSR count). The predicted molar refractivity (Wildman–Crippen MR) is 95.9 cm³/mol. The van der Waals surface area contributed by atoms with Crippen LogP contribution in [0.4, 0.5) is 0 Å². The highest BCUT2D eigenvalue weighted by molar-refractivity contribution is 5.61. The van der Waals surface area contributed by atoms with Gasteiger partial charge in [0.2, 0.25) is 0 Å². The molecular formula is C19H38.